The van der Waals surface area contributed by atoms with E-state index in [4.69, 9.17) is 9.47 Å². The number of piperidine rings is 1. The number of fused-ring (bicyclic) bond motifs is 1. The van der Waals surface area contributed by atoms with Gasteiger partial charge in [-0.15, -0.1) is 0 Å². The quantitative estimate of drug-likeness (QED) is 0.420. The van der Waals surface area contributed by atoms with Crippen molar-refractivity contribution in [1.29, 1.82) is 0 Å². The Morgan fingerprint density at radius 2 is 1.69 bits per heavy atom. The van der Waals surface area contributed by atoms with Crippen molar-refractivity contribution in [3.8, 4) is 17.2 Å². The highest BCUT2D eigenvalue weighted by atomic mass is 16.5. The lowest BCUT2D eigenvalue weighted by Crippen LogP contribution is -2.34. The summed E-state index contributed by atoms with van der Waals surface area (Å²) in [5, 5.41) is 13.3. The largest absolute Gasteiger partial charge is 0.508 e. The van der Waals surface area contributed by atoms with Crippen molar-refractivity contribution in [2.24, 2.45) is 0 Å². The summed E-state index contributed by atoms with van der Waals surface area (Å²) < 4.78 is 11.8. The number of hydrogen-bond donors (Lipinski definition) is 2. The van der Waals surface area contributed by atoms with Gasteiger partial charge in [-0.05, 0) is 111 Å². The van der Waals surface area contributed by atoms with E-state index in [9.17, 15) is 5.11 Å². The van der Waals surface area contributed by atoms with Crippen LogP contribution in [0.4, 0.5) is 5.69 Å². The molecule has 0 saturated carbocycles. The van der Waals surface area contributed by atoms with Crippen LogP contribution in [-0.4, -0.2) is 38.0 Å². The molecule has 3 aromatic carbocycles. The van der Waals surface area contributed by atoms with E-state index in [-0.39, 0.29) is 0 Å². The van der Waals surface area contributed by atoms with Gasteiger partial charge in [0.05, 0.1) is 7.11 Å². The molecule has 1 unspecified atom stereocenters. The number of nitrogens with zero attached hydrogens (tertiary/aromatic N) is 1. The van der Waals surface area contributed by atoms with Crippen LogP contribution in [0.25, 0.3) is 0 Å². The SMILES string of the molecule is CCN(Cc1ccc(OC2CCNCC2)cc1)c1cc(OC)ccc1C1CCc2cc(O)ccc2C1. The van der Waals surface area contributed by atoms with E-state index in [0.29, 0.717) is 17.8 Å². The predicted octanol–water partition coefficient (Wildman–Crippen LogP) is 5.83. The molecule has 0 bridgehead atoms. The van der Waals surface area contributed by atoms with Gasteiger partial charge >= 0.3 is 0 Å². The zero-order chi connectivity index (χ0) is 24.9. The van der Waals surface area contributed by atoms with Gasteiger partial charge in [0.15, 0.2) is 0 Å². The molecule has 0 radical (unpaired) electrons. The van der Waals surface area contributed by atoms with Crippen LogP contribution in [0, 0.1) is 0 Å². The number of phenols is 1. The van der Waals surface area contributed by atoms with E-state index in [2.05, 4.69) is 65.7 Å². The van der Waals surface area contributed by atoms with E-state index in [1.165, 1.54) is 27.9 Å². The Balaban J connectivity index is 1.35. The van der Waals surface area contributed by atoms with Crippen molar-refractivity contribution < 1.29 is 14.6 Å². The van der Waals surface area contributed by atoms with E-state index in [0.717, 1.165) is 69.8 Å². The van der Waals surface area contributed by atoms with Crippen LogP contribution in [0.2, 0.25) is 0 Å². The van der Waals surface area contributed by atoms with E-state index in [1.807, 2.05) is 12.1 Å². The maximum atomic E-state index is 9.89. The standard InChI is InChI=1S/C31H38N2O3/c1-3-33(21-22-4-10-27(11-5-22)36-28-14-16-32-17-15-28)31-20-29(35-2)12-13-30(31)25-7-6-24-19-26(34)9-8-23(24)18-25/h4-5,8-13,19-20,25,28,32,34H,3,6-7,14-18,21H2,1-2H3. The number of phenolic OH excluding ortho intramolecular Hbond substituents is 1. The van der Waals surface area contributed by atoms with E-state index < -0.39 is 0 Å². The first-order valence-corrected chi connectivity index (χ1v) is 13.3. The molecule has 1 aliphatic carbocycles. The van der Waals surface area contributed by atoms with Gasteiger partial charge in [-0.1, -0.05) is 24.3 Å². The molecule has 190 valence electrons. The maximum absolute atomic E-state index is 9.89. The van der Waals surface area contributed by atoms with Crippen LogP contribution >= 0.6 is 0 Å². The number of aromatic hydroxyl groups is 1. The lowest BCUT2D eigenvalue weighted by Gasteiger charge is -2.32. The first-order valence-electron chi connectivity index (χ1n) is 13.3. The minimum absolute atomic E-state index is 0.313. The lowest BCUT2D eigenvalue weighted by atomic mass is 9.79. The fourth-order valence-corrected chi connectivity index (χ4v) is 5.64. The summed E-state index contributed by atoms with van der Waals surface area (Å²) >= 11 is 0. The van der Waals surface area contributed by atoms with Crippen molar-refractivity contribution in [1.82, 2.24) is 5.32 Å². The Kier molecular flexibility index (Phi) is 7.66. The second-order valence-electron chi connectivity index (χ2n) is 10.0. The molecule has 0 amide bonds. The molecule has 3 aromatic rings. The average Bonchev–Trinajstić information content (AvgIpc) is 2.92. The average molecular weight is 487 g/mol. The van der Waals surface area contributed by atoms with Crippen LogP contribution in [0.1, 0.15) is 54.4 Å². The highest BCUT2D eigenvalue weighted by Crippen LogP contribution is 2.40. The fraction of sp³-hybridized carbons (Fsp3) is 0.419. The van der Waals surface area contributed by atoms with Gasteiger partial charge in [0.1, 0.15) is 23.4 Å². The van der Waals surface area contributed by atoms with Crippen molar-refractivity contribution in [3.63, 3.8) is 0 Å². The number of aryl methyl sites for hydroxylation is 1. The van der Waals surface area contributed by atoms with Gasteiger partial charge in [0.25, 0.3) is 0 Å². The van der Waals surface area contributed by atoms with Crippen LogP contribution in [0.5, 0.6) is 17.2 Å². The Morgan fingerprint density at radius 1 is 0.917 bits per heavy atom. The minimum Gasteiger partial charge on any atom is -0.508 e. The summed E-state index contributed by atoms with van der Waals surface area (Å²) in [6, 6.07) is 21.0. The Bertz CT molecular complexity index is 1150. The van der Waals surface area contributed by atoms with E-state index >= 15 is 0 Å². The monoisotopic (exact) mass is 486 g/mol. The van der Waals surface area contributed by atoms with Gasteiger partial charge in [-0.25, -0.2) is 0 Å². The smallest absolute Gasteiger partial charge is 0.120 e. The summed E-state index contributed by atoms with van der Waals surface area (Å²) in [6.45, 7) is 6.03. The molecule has 1 heterocycles. The molecule has 36 heavy (non-hydrogen) atoms. The molecule has 5 nitrogen and oxygen atoms in total. The third-order valence-electron chi connectivity index (χ3n) is 7.70. The van der Waals surface area contributed by atoms with E-state index in [1.54, 1.807) is 7.11 Å². The predicted molar refractivity (Wildman–Crippen MR) is 146 cm³/mol. The lowest BCUT2D eigenvalue weighted by molar-refractivity contribution is 0.162. The first-order chi connectivity index (χ1) is 17.6. The molecule has 1 fully saturated rings. The molecule has 2 N–H and O–H groups in total. The molecule has 5 heteroatoms. The zero-order valence-corrected chi connectivity index (χ0v) is 21.5. The second-order valence-corrected chi connectivity index (χ2v) is 10.0. The Labute approximate surface area is 215 Å². The van der Waals surface area contributed by atoms with Gasteiger partial charge in [-0.2, -0.15) is 0 Å². The topological polar surface area (TPSA) is 54.0 Å². The third-order valence-corrected chi connectivity index (χ3v) is 7.70. The third kappa shape index (κ3) is 5.62. The van der Waals surface area contributed by atoms with Crippen molar-refractivity contribution in [2.75, 3.05) is 31.6 Å². The first kappa shape index (κ1) is 24.5. The minimum atomic E-state index is 0.313. The maximum Gasteiger partial charge on any atom is 0.120 e. The van der Waals surface area contributed by atoms with Crippen LogP contribution < -0.4 is 19.7 Å². The van der Waals surface area contributed by atoms with Crippen LogP contribution in [0.15, 0.2) is 60.7 Å². The molecular formula is C31H38N2O3. The van der Waals surface area contributed by atoms with Gasteiger partial charge in [0.2, 0.25) is 0 Å². The Hall–Kier alpha value is -3.18. The summed E-state index contributed by atoms with van der Waals surface area (Å²) in [5.41, 5.74) is 6.52. The second kappa shape index (κ2) is 11.3. The molecular weight excluding hydrogens is 448 g/mol. The number of methoxy groups -OCH3 is 1. The number of hydrogen-bond acceptors (Lipinski definition) is 5. The molecule has 1 atom stereocenters. The van der Waals surface area contributed by atoms with Crippen LogP contribution in [0.3, 0.4) is 0 Å². The number of anilines is 1. The highest BCUT2D eigenvalue weighted by Gasteiger charge is 2.25. The fourth-order valence-electron chi connectivity index (χ4n) is 5.64. The highest BCUT2D eigenvalue weighted by molar-refractivity contribution is 5.60. The van der Waals surface area contributed by atoms with Gasteiger partial charge < -0.3 is 24.8 Å². The summed E-state index contributed by atoms with van der Waals surface area (Å²) in [6.07, 6.45) is 5.51. The molecule has 2 aliphatic rings. The molecule has 1 aliphatic heterocycles. The summed E-state index contributed by atoms with van der Waals surface area (Å²) in [5.74, 6) is 2.65. The normalized spacial score (nSPS) is 17.9. The zero-order valence-electron chi connectivity index (χ0n) is 21.5. The summed E-state index contributed by atoms with van der Waals surface area (Å²) in [7, 11) is 1.74. The molecule has 5 rings (SSSR count). The molecule has 1 saturated heterocycles. The number of ether oxygens (including phenoxy) is 2. The number of rotatable bonds is 8. The molecule has 0 aromatic heterocycles. The van der Waals surface area contributed by atoms with Crippen molar-refractivity contribution >= 4 is 5.69 Å². The summed E-state index contributed by atoms with van der Waals surface area (Å²) in [4.78, 5) is 2.45. The molecule has 0 spiro atoms. The van der Waals surface area contributed by atoms with Crippen LogP contribution in [-0.2, 0) is 19.4 Å². The number of nitrogens with one attached hydrogen (secondary N) is 1. The number of benzene rings is 3. The van der Waals surface area contributed by atoms with Crippen molar-refractivity contribution in [2.45, 2.75) is 57.6 Å². The van der Waals surface area contributed by atoms with Gasteiger partial charge in [0, 0.05) is 24.8 Å². The Morgan fingerprint density at radius 3 is 2.44 bits per heavy atom. The van der Waals surface area contributed by atoms with Gasteiger partial charge in [-0.3, -0.25) is 0 Å². The van der Waals surface area contributed by atoms with Crippen molar-refractivity contribution in [3.05, 3.63) is 82.9 Å².